The van der Waals surface area contributed by atoms with Gasteiger partial charge in [0.2, 0.25) is 10.0 Å². The number of sulfonamides is 1. The Morgan fingerprint density at radius 3 is 2.28 bits per heavy atom. The number of benzene rings is 1. The van der Waals surface area contributed by atoms with Gasteiger partial charge in [-0.2, -0.15) is 0 Å². The van der Waals surface area contributed by atoms with Crippen molar-refractivity contribution in [3.05, 3.63) is 23.8 Å². The predicted molar refractivity (Wildman–Crippen MR) is 97.5 cm³/mol. The summed E-state index contributed by atoms with van der Waals surface area (Å²) in [6, 6.07) is 4.43. The van der Waals surface area contributed by atoms with Crippen LogP contribution in [0.2, 0.25) is 0 Å². The lowest BCUT2D eigenvalue weighted by Gasteiger charge is -2.18. The average Bonchev–Trinajstić information content (AvgIpc) is 2.43. The van der Waals surface area contributed by atoms with Gasteiger partial charge >= 0.3 is 5.97 Å². The molecular weight excluding hydrogens is 344 g/mol. The van der Waals surface area contributed by atoms with Crippen molar-refractivity contribution >= 4 is 27.5 Å². The largest absolute Gasteiger partial charge is 0.424 e. The molecule has 0 bridgehead atoms. The average molecular weight is 370 g/mol. The molecule has 0 aromatic heterocycles. The fraction of sp³-hybridized carbons (Fsp3) is 0.529. The number of anilines is 1. The fourth-order valence-corrected chi connectivity index (χ4v) is 2.28. The number of rotatable bonds is 7. The second-order valence-corrected chi connectivity index (χ2v) is 8.93. The first-order valence-corrected chi connectivity index (χ1v) is 9.79. The lowest BCUT2D eigenvalue weighted by molar-refractivity contribution is -0.142. The minimum Gasteiger partial charge on any atom is -0.424 e. The lowest BCUT2D eigenvalue weighted by atomic mass is 9.97. The molecule has 0 aliphatic rings. The van der Waals surface area contributed by atoms with E-state index in [-0.39, 0.29) is 29.8 Å². The van der Waals surface area contributed by atoms with Crippen LogP contribution in [0, 0.1) is 5.41 Å². The molecule has 1 aromatic rings. The summed E-state index contributed by atoms with van der Waals surface area (Å²) in [7, 11) is -3.61. The SMILES string of the molecule is CC(C)NCC(=O)c1ccc(OC(=O)C(C)(C)C)c(NS(C)(=O)=O)c1. The summed E-state index contributed by atoms with van der Waals surface area (Å²) in [6.07, 6.45) is 0.983. The number of esters is 1. The second kappa shape index (κ2) is 7.97. The molecule has 0 saturated carbocycles. The Bertz CT molecular complexity index is 749. The standard InChI is InChI=1S/C17H26N2O5S/c1-11(2)18-10-14(20)12-7-8-15(24-16(21)17(3,4)5)13(9-12)19-25(6,22)23/h7-9,11,18-19H,10H2,1-6H3. The smallest absolute Gasteiger partial charge is 0.316 e. The molecule has 0 unspecified atom stereocenters. The first kappa shape index (κ1) is 21.1. The zero-order valence-corrected chi connectivity index (χ0v) is 16.3. The van der Waals surface area contributed by atoms with E-state index in [1.165, 1.54) is 18.2 Å². The number of hydrogen-bond donors (Lipinski definition) is 2. The van der Waals surface area contributed by atoms with Crippen molar-refractivity contribution in [2.24, 2.45) is 5.41 Å². The number of carbonyl (C=O) groups excluding carboxylic acids is 2. The van der Waals surface area contributed by atoms with Gasteiger partial charge in [-0.15, -0.1) is 0 Å². The summed E-state index contributed by atoms with van der Waals surface area (Å²) >= 11 is 0. The summed E-state index contributed by atoms with van der Waals surface area (Å²) < 4.78 is 30.8. The maximum absolute atomic E-state index is 12.2. The van der Waals surface area contributed by atoms with E-state index in [4.69, 9.17) is 4.74 Å². The first-order chi connectivity index (χ1) is 11.3. The Labute approximate surface area is 149 Å². The number of carbonyl (C=O) groups is 2. The van der Waals surface area contributed by atoms with Crippen LogP contribution in [0.1, 0.15) is 45.0 Å². The van der Waals surface area contributed by atoms with Crippen molar-refractivity contribution in [1.29, 1.82) is 0 Å². The Morgan fingerprint density at radius 1 is 1.20 bits per heavy atom. The molecule has 8 heteroatoms. The Kier molecular flexibility index (Phi) is 6.73. The van der Waals surface area contributed by atoms with Gasteiger partial charge in [-0.05, 0) is 39.0 Å². The van der Waals surface area contributed by atoms with Crippen LogP contribution in [0.15, 0.2) is 18.2 Å². The molecule has 0 radical (unpaired) electrons. The topological polar surface area (TPSA) is 102 Å². The maximum Gasteiger partial charge on any atom is 0.316 e. The molecule has 7 nitrogen and oxygen atoms in total. The molecule has 25 heavy (non-hydrogen) atoms. The van der Waals surface area contributed by atoms with Crippen LogP contribution in [0.25, 0.3) is 0 Å². The second-order valence-electron chi connectivity index (χ2n) is 7.18. The lowest BCUT2D eigenvalue weighted by Crippen LogP contribution is -2.29. The van der Waals surface area contributed by atoms with E-state index in [0.29, 0.717) is 5.56 Å². The third-order valence-electron chi connectivity index (χ3n) is 3.08. The molecular formula is C17H26N2O5S. The van der Waals surface area contributed by atoms with Crippen LogP contribution in [0.3, 0.4) is 0 Å². The van der Waals surface area contributed by atoms with Crippen molar-refractivity contribution in [3.63, 3.8) is 0 Å². The van der Waals surface area contributed by atoms with Gasteiger partial charge in [0, 0.05) is 11.6 Å². The van der Waals surface area contributed by atoms with Crippen molar-refractivity contribution in [3.8, 4) is 5.75 Å². The van der Waals surface area contributed by atoms with Crippen molar-refractivity contribution < 1.29 is 22.7 Å². The van der Waals surface area contributed by atoms with Crippen LogP contribution in [0.5, 0.6) is 5.75 Å². The van der Waals surface area contributed by atoms with Crippen LogP contribution in [-0.2, 0) is 14.8 Å². The maximum atomic E-state index is 12.2. The van der Waals surface area contributed by atoms with Gasteiger partial charge < -0.3 is 10.1 Å². The summed E-state index contributed by atoms with van der Waals surface area (Å²) in [5.41, 5.74) is -0.386. The molecule has 2 N–H and O–H groups in total. The van der Waals surface area contributed by atoms with E-state index in [1.54, 1.807) is 20.8 Å². The highest BCUT2D eigenvalue weighted by Gasteiger charge is 2.25. The summed E-state index contributed by atoms with van der Waals surface area (Å²) in [5, 5.41) is 3.00. The molecule has 1 rings (SSSR count). The molecule has 0 amide bonds. The number of ketones is 1. The third-order valence-corrected chi connectivity index (χ3v) is 3.67. The van der Waals surface area contributed by atoms with Crippen LogP contribution < -0.4 is 14.8 Å². The zero-order valence-electron chi connectivity index (χ0n) is 15.5. The van der Waals surface area contributed by atoms with Crippen molar-refractivity contribution in [1.82, 2.24) is 5.32 Å². The summed E-state index contributed by atoms with van der Waals surface area (Å²) in [6.45, 7) is 9.02. The highest BCUT2D eigenvalue weighted by atomic mass is 32.2. The summed E-state index contributed by atoms with van der Waals surface area (Å²) in [5.74, 6) is -0.651. The Balaban J connectivity index is 3.17. The van der Waals surface area contributed by atoms with E-state index in [1.807, 2.05) is 13.8 Å². The normalized spacial score (nSPS) is 12.1. The van der Waals surface area contributed by atoms with Gasteiger partial charge in [0.1, 0.15) is 0 Å². The molecule has 0 fully saturated rings. The quantitative estimate of drug-likeness (QED) is 0.433. The highest BCUT2D eigenvalue weighted by molar-refractivity contribution is 7.92. The van der Waals surface area contributed by atoms with E-state index in [0.717, 1.165) is 6.26 Å². The number of nitrogens with one attached hydrogen (secondary N) is 2. The minimum absolute atomic E-state index is 0.0514. The van der Waals surface area contributed by atoms with Crippen molar-refractivity contribution in [2.45, 2.75) is 40.7 Å². The number of Topliss-reactive ketones (excluding diaryl/α,β-unsaturated/α-hetero) is 1. The van der Waals surface area contributed by atoms with Gasteiger partial charge in [-0.3, -0.25) is 14.3 Å². The summed E-state index contributed by atoms with van der Waals surface area (Å²) in [4.78, 5) is 24.3. The molecule has 0 heterocycles. The van der Waals surface area contributed by atoms with E-state index >= 15 is 0 Å². The van der Waals surface area contributed by atoms with Crippen LogP contribution >= 0.6 is 0 Å². The molecule has 0 saturated heterocycles. The molecule has 0 atom stereocenters. The van der Waals surface area contributed by atoms with E-state index in [9.17, 15) is 18.0 Å². The molecule has 140 valence electrons. The third kappa shape index (κ3) is 7.23. The number of hydrogen-bond acceptors (Lipinski definition) is 6. The highest BCUT2D eigenvalue weighted by Crippen LogP contribution is 2.29. The Morgan fingerprint density at radius 2 is 1.80 bits per heavy atom. The first-order valence-electron chi connectivity index (χ1n) is 7.90. The van der Waals surface area contributed by atoms with Gasteiger partial charge in [0.15, 0.2) is 11.5 Å². The monoisotopic (exact) mass is 370 g/mol. The van der Waals surface area contributed by atoms with Gasteiger partial charge in [-0.25, -0.2) is 8.42 Å². The van der Waals surface area contributed by atoms with Gasteiger partial charge in [-0.1, -0.05) is 13.8 Å². The zero-order chi connectivity index (χ0) is 19.4. The molecule has 0 spiro atoms. The van der Waals surface area contributed by atoms with Crippen LogP contribution in [-0.4, -0.2) is 39.0 Å². The predicted octanol–water partition coefficient (Wildman–Crippen LogP) is 2.19. The van der Waals surface area contributed by atoms with Crippen LogP contribution in [0.4, 0.5) is 5.69 Å². The molecule has 0 aliphatic heterocycles. The van der Waals surface area contributed by atoms with Crippen molar-refractivity contribution in [2.75, 3.05) is 17.5 Å². The fourth-order valence-electron chi connectivity index (χ4n) is 1.72. The van der Waals surface area contributed by atoms with Gasteiger partial charge in [0.05, 0.1) is 23.9 Å². The Hall–Kier alpha value is -1.93. The number of ether oxygens (including phenoxy) is 1. The van der Waals surface area contributed by atoms with E-state index < -0.39 is 21.4 Å². The van der Waals surface area contributed by atoms with Gasteiger partial charge in [0.25, 0.3) is 0 Å². The van der Waals surface area contributed by atoms with E-state index in [2.05, 4.69) is 10.0 Å². The minimum atomic E-state index is -3.61. The molecule has 0 aliphatic carbocycles. The molecule has 1 aromatic carbocycles.